The molecule has 11 heteroatoms. The molecule has 2 N–H and O–H groups in total. The van der Waals surface area contributed by atoms with Gasteiger partial charge in [0, 0.05) is 29.3 Å². The summed E-state index contributed by atoms with van der Waals surface area (Å²) in [6.45, 7) is 0. The molecule has 0 saturated carbocycles. The number of nitrogens with one attached hydrogen (secondary N) is 1. The fraction of sp³-hybridized carbons (Fsp3) is 0.0667. The first-order valence-corrected chi connectivity index (χ1v) is 7.80. The van der Waals surface area contributed by atoms with Gasteiger partial charge in [-0.25, -0.2) is 5.43 Å². The molecule has 0 atom stereocenters. The molecule has 0 fully saturated rings. The van der Waals surface area contributed by atoms with Crippen molar-refractivity contribution in [1.82, 2.24) is 5.43 Å². The molecular formula is C15H11BrN4O6. The maximum absolute atomic E-state index is 11.9. The molecule has 26 heavy (non-hydrogen) atoms. The molecule has 0 aliphatic rings. The molecule has 134 valence electrons. The first-order chi connectivity index (χ1) is 12.3. The number of rotatable bonds is 6. The maximum atomic E-state index is 11.9. The molecule has 0 heterocycles. The van der Waals surface area contributed by atoms with Gasteiger partial charge >= 0.3 is 0 Å². The number of hydrogen-bond acceptors (Lipinski definition) is 7. The van der Waals surface area contributed by atoms with E-state index in [2.05, 4.69) is 26.5 Å². The van der Waals surface area contributed by atoms with Crippen molar-refractivity contribution in [3.63, 3.8) is 0 Å². The van der Waals surface area contributed by atoms with E-state index in [-0.39, 0.29) is 39.1 Å². The molecule has 0 spiro atoms. The summed E-state index contributed by atoms with van der Waals surface area (Å²) in [5.41, 5.74) is 1.91. The molecule has 0 saturated heterocycles. The molecule has 10 nitrogen and oxygen atoms in total. The van der Waals surface area contributed by atoms with E-state index in [1.807, 2.05) is 0 Å². The van der Waals surface area contributed by atoms with E-state index in [0.717, 1.165) is 18.3 Å². The fourth-order valence-electron chi connectivity index (χ4n) is 2.03. The van der Waals surface area contributed by atoms with Crippen molar-refractivity contribution in [2.75, 3.05) is 0 Å². The predicted molar refractivity (Wildman–Crippen MR) is 95.0 cm³/mol. The number of halogens is 1. The van der Waals surface area contributed by atoms with Crippen LogP contribution < -0.4 is 5.43 Å². The number of hydrogen-bond donors (Lipinski definition) is 2. The topological polar surface area (TPSA) is 148 Å². The van der Waals surface area contributed by atoms with Crippen molar-refractivity contribution in [2.24, 2.45) is 5.10 Å². The van der Waals surface area contributed by atoms with Crippen LogP contribution in [0.25, 0.3) is 0 Å². The van der Waals surface area contributed by atoms with Crippen LogP contribution in [0.5, 0.6) is 5.75 Å². The Morgan fingerprint density at radius 2 is 1.92 bits per heavy atom. The summed E-state index contributed by atoms with van der Waals surface area (Å²) in [6, 6.07) is 7.99. The third-order valence-corrected chi connectivity index (χ3v) is 3.83. The van der Waals surface area contributed by atoms with Gasteiger partial charge in [0.05, 0.1) is 27.0 Å². The van der Waals surface area contributed by atoms with E-state index < -0.39 is 15.8 Å². The summed E-state index contributed by atoms with van der Waals surface area (Å²) in [7, 11) is 0. The second-order valence-corrected chi connectivity index (χ2v) is 5.83. The highest BCUT2D eigenvalue weighted by Gasteiger charge is 2.16. The number of amides is 1. The van der Waals surface area contributed by atoms with Gasteiger partial charge in [0.15, 0.2) is 0 Å². The van der Waals surface area contributed by atoms with Crippen LogP contribution in [-0.2, 0) is 11.2 Å². The number of nitrogens with zero attached hydrogens (tertiary/aromatic N) is 3. The molecule has 1 amide bonds. The highest BCUT2D eigenvalue weighted by atomic mass is 79.9. The average Bonchev–Trinajstić information content (AvgIpc) is 2.58. The summed E-state index contributed by atoms with van der Waals surface area (Å²) in [5.74, 6) is -0.910. The lowest BCUT2D eigenvalue weighted by atomic mass is 10.1. The molecule has 0 bridgehead atoms. The van der Waals surface area contributed by atoms with Gasteiger partial charge in [0.25, 0.3) is 11.4 Å². The lowest BCUT2D eigenvalue weighted by Gasteiger charge is -2.03. The summed E-state index contributed by atoms with van der Waals surface area (Å²) >= 11 is 2.98. The molecule has 2 rings (SSSR count). The van der Waals surface area contributed by atoms with Crippen molar-refractivity contribution >= 4 is 39.4 Å². The number of nitro benzene ring substituents is 2. The highest BCUT2D eigenvalue weighted by Crippen LogP contribution is 2.31. The van der Waals surface area contributed by atoms with E-state index >= 15 is 0 Å². The van der Waals surface area contributed by atoms with Gasteiger partial charge < -0.3 is 5.11 Å². The average molecular weight is 423 g/mol. The lowest BCUT2D eigenvalue weighted by molar-refractivity contribution is -0.385. The minimum atomic E-state index is -0.644. The van der Waals surface area contributed by atoms with E-state index in [4.69, 9.17) is 0 Å². The van der Waals surface area contributed by atoms with Gasteiger partial charge in [-0.05, 0) is 15.9 Å². The number of aromatic hydroxyl groups is 1. The Labute approximate surface area is 154 Å². The van der Waals surface area contributed by atoms with Gasteiger partial charge in [-0.1, -0.05) is 18.2 Å². The number of benzene rings is 2. The number of carbonyl (C=O) groups is 1. The zero-order valence-electron chi connectivity index (χ0n) is 13.0. The van der Waals surface area contributed by atoms with E-state index in [0.29, 0.717) is 0 Å². The van der Waals surface area contributed by atoms with Crippen LogP contribution >= 0.6 is 15.9 Å². The Kier molecular flexibility index (Phi) is 5.96. The van der Waals surface area contributed by atoms with Gasteiger partial charge in [-0.3, -0.25) is 25.0 Å². The van der Waals surface area contributed by atoms with Crippen LogP contribution in [0.2, 0.25) is 0 Å². The minimum Gasteiger partial charge on any atom is -0.506 e. The van der Waals surface area contributed by atoms with Crippen LogP contribution in [0, 0.1) is 20.2 Å². The molecule has 0 aliphatic heterocycles. The largest absolute Gasteiger partial charge is 0.506 e. The monoisotopic (exact) mass is 422 g/mol. The SMILES string of the molecule is O=C(Cc1ccccc1[N+](=O)[O-])N/N=C/c1cc([N+](=O)[O-])cc(Br)c1O. The summed E-state index contributed by atoms with van der Waals surface area (Å²) in [4.78, 5) is 32.4. The normalized spacial score (nSPS) is 10.7. The zero-order valence-corrected chi connectivity index (χ0v) is 14.5. The summed E-state index contributed by atoms with van der Waals surface area (Å²) in [5, 5.41) is 35.2. The van der Waals surface area contributed by atoms with Gasteiger partial charge in [-0.2, -0.15) is 5.10 Å². The number of nitro groups is 2. The van der Waals surface area contributed by atoms with Crippen LogP contribution in [0.4, 0.5) is 11.4 Å². The van der Waals surface area contributed by atoms with E-state index in [1.54, 1.807) is 6.07 Å². The van der Waals surface area contributed by atoms with Crippen LogP contribution in [-0.4, -0.2) is 27.1 Å². The standard InChI is InChI=1S/C15H11BrN4O6/c16-12-7-11(19(23)24)5-10(15(12)22)8-17-18-14(21)6-9-3-1-2-4-13(9)20(25)26/h1-5,7-8,22H,6H2,(H,18,21)/b17-8+. The van der Waals surface area contributed by atoms with Crippen molar-refractivity contribution < 1.29 is 19.7 Å². The molecule has 0 aromatic heterocycles. The number of phenols is 1. The maximum Gasteiger partial charge on any atom is 0.273 e. The second-order valence-electron chi connectivity index (χ2n) is 4.98. The first-order valence-electron chi connectivity index (χ1n) is 7.00. The second kappa shape index (κ2) is 8.16. The first kappa shape index (κ1) is 19.0. The third-order valence-electron chi connectivity index (χ3n) is 3.22. The number of non-ortho nitro benzene ring substituents is 1. The highest BCUT2D eigenvalue weighted by molar-refractivity contribution is 9.10. The van der Waals surface area contributed by atoms with Crippen molar-refractivity contribution in [3.8, 4) is 5.75 Å². The number of phenolic OH excluding ortho intramolecular Hbond substituents is 1. The van der Waals surface area contributed by atoms with E-state index in [9.17, 15) is 30.1 Å². The van der Waals surface area contributed by atoms with Crippen molar-refractivity contribution in [1.29, 1.82) is 0 Å². The van der Waals surface area contributed by atoms with Crippen LogP contribution in [0.3, 0.4) is 0 Å². The summed E-state index contributed by atoms with van der Waals surface area (Å²) < 4.78 is 0.0967. The van der Waals surface area contributed by atoms with Crippen LogP contribution in [0.15, 0.2) is 46.0 Å². The Bertz CT molecular complexity index is 915. The Hall–Kier alpha value is -3.34. The molecular weight excluding hydrogens is 412 g/mol. The lowest BCUT2D eigenvalue weighted by Crippen LogP contribution is -2.20. The zero-order chi connectivity index (χ0) is 19.3. The van der Waals surface area contributed by atoms with Gasteiger partial charge in [-0.15, -0.1) is 0 Å². The number of hydrazone groups is 1. The van der Waals surface area contributed by atoms with Crippen molar-refractivity contribution in [2.45, 2.75) is 6.42 Å². The predicted octanol–water partition coefficient (Wildman–Crippen LogP) is 2.66. The Morgan fingerprint density at radius 1 is 1.23 bits per heavy atom. The molecule has 2 aromatic rings. The van der Waals surface area contributed by atoms with Gasteiger partial charge in [0.2, 0.25) is 5.91 Å². The smallest absolute Gasteiger partial charge is 0.273 e. The van der Waals surface area contributed by atoms with Gasteiger partial charge in [0.1, 0.15) is 5.75 Å². The minimum absolute atomic E-state index is 0.0112. The number of para-hydroxylation sites is 1. The Morgan fingerprint density at radius 3 is 2.58 bits per heavy atom. The van der Waals surface area contributed by atoms with E-state index in [1.165, 1.54) is 18.2 Å². The van der Waals surface area contributed by atoms with Crippen molar-refractivity contribution in [3.05, 3.63) is 72.2 Å². The van der Waals surface area contributed by atoms with Crippen LogP contribution in [0.1, 0.15) is 11.1 Å². The molecule has 0 radical (unpaired) electrons. The number of carbonyl (C=O) groups excluding carboxylic acids is 1. The Balaban J connectivity index is 2.11. The molecule has 0 aliphatic carbocycles. The fourth-order valence-corrected chi connectivity index (χ4v) is 2.50. The quantitative estimate of drug-likeness (QED) is 0.415. The summed E-state index contributed by atoms with van der Waals surface area (Å²) in [6.07, 6.45) is 0.753. The molecule has 0 unspecified atom stereocenters. The third kappa shape index (κ3) is 4.60. The molecule has 2 aromatic carbocycles.